The average Bonchev–Trinajstić information content (AvgIpc) is 2.23. The van der Waals surface area contributed by atoms with Crippen LogP contribution in [-0.4, -0.2) is 36.0 Å². The summed E-state index contributed by atoms with van der Waals surface area (Å²) in [6.07, 6.45) is 4.68. The zero-order valence-corrected chi connectivity index (χ0v) is 11.9. The van der Waals surface area contributed by atoms with Crippen molar-refractivity contribution in [1.82, 2.24) is 5.32 Å². The van der Waals surface area contributed by atoms with E-state index in [2.05, 4.69) is 33.0 Å². The SMILES string of the molecule is CC1CCCC(CO)(NCCOC(C)(C)C)C1. The summed E-state index contributed by atoms with van der Waals surface area (Å²) in [6.45, 7) is 10.3. The third-order valence-electron chi connectivity index (χ3n) is 3.53. The van der Waals surface area contributed by atoms with E-state index in [0.717, 1.165) is 19.4 Å². The highest BCUT2D eigenvalue weighted by Crippen LogP contribution is 2.31. The van der Waals surface area contributed by atoms with Gasteiger partial charge in [-0.05, 0) is 39.5 Å². The van der Waals surface area contributed by atoms with Gasteiger partial charge in [0.2, 0.25) is 0 Å². The second kappa shape index (κ2) is 6.17. The monoisotopic (exact) mass is 243 g/mol. The predicted octanol–water partition coefficient (Wildman–Crippen LogP) is 2.33. The average molecular weight is 243 g/mol. The van der Waals surface area contributed by atoms with Crippen LogP contribution in [0.25, 0.3) is 0 Å². The Morgan fingerprint density at radius 1 is 1.41 bits per heavy atom. The molecule has 0 aliphatic heterocycles. The zero-order chi connectivity index (χ0) is 12.9. The van der Waals surface area contributed by atoms with Gasteiger partial charge in [-0.15, -0.1) is 0 Å². The molecule has 2 unspecified atom stereocenters. The molecule has 3 nitrogen and oxygen atoms in total. The van der Waals surface area contributed by atoms with Gasteiger partial charge in [-0.1, -0.05) is 19.8 Å². The first-order valence-corrected chi connectivity index (χ1v) is 6.87. The molecule has 3 heteroatoms. The van der Waals surface area contributed by atoms with Gasteiger partial charge in [0.15, 0.2) is 0 Å². The van der Waals surface area contributed by atoms with Crippen LogP contribution in [0, 0.1) is 5.92 Å². The lowest BCUT2D eigenvalue weighted by Gasteiger charge is -2.39. The van der Waals surface area contributed by atoms with Crippen LogP contribution < -0.4 is 5.32 Å². The minimum atomic E-state index is -0.0755. The van der Waals surface area contributed by atoms with Crippen LogP contribution in [-0.2, 0) is 4.74 Å². The minimum absolute atomic E-state index is 0.0566. The highest BCUT2D eigenvalue weighted by atomic mass is 16.5. The maximum absolute atomic E-state index is 9.62. The summed E-state index contributed by atoms with van der Waals surface area (Å²) >= 11 is 0. The third-order valence-corrected chi connectivity index (χ3v) is 3.53. The van der Waals surface area contributed by atoms with Crippen LogP contribution in [0.3, 0.4) is 0 Å². The fourth-order valence-corrected chi connectivity index (χ4v) is 2.69. The molecule has 0 aromatic heterocycles. The van der Waals surface area contributed by atoms with Gasteiger partial charge >= 0.3 is 0 Å². The van der Waals surface area contributed by atoms with E-state index in [1.807, 2.05) is 0 Å². The van der Waals surface area contributed by atoms with Crippen molar-refractivity contribution >= 4 is 0 Å². The van der Waals surface area contributed by atoms with Crippen molar-refractivity contribution in [3.8, 4) is 0 Å². The van der Waals surface area contributed by atoms with E-state index in [4.69, 9.17) is 4.74 Å². The van der Waals surface area contributed by atoms with Gasteiger partial charge in [0.05, 0.1) is 18.8 Å². The van der Waals surface area contributed by atoms with Gasteiger partial charge < -0.3 is 15.2 Å². The van der Waals surface area contributed by atoms with E-state index in [9.17, 15) is 5.11 Å². The number of rotatable bonds is 5. The molecule has 0 spiro atoms. The number of aliphatic hydroxyl groups excluding tert-OH is 1. The van der Waals surface area contributed by atoms with E-state index in [-0.39, 0.29) is 17.7 Å². The quantitative estimate of drug-likeness (QED) is 0.728. The van der Waals surface area contributed by atoms with Crippen LogP contribution >= 0.6 is 0 Å². The maximum Gasteiger partial charge on any atom is 0.0613 e. The van der Waals surface area contributed by atoms with Gasteiger partial charge in [0.25, 0.3) is 0 Å². The van der Waals surface area contributed by atoms with Crippen LogP contribution in [0.1, 0.15) is 53.4 Å². The lowest BCUT2D eigenvalue weighted by molar-refractivity contribution is -0.00746. The molecule has 2 atom stereocenters. The van der Waals surface area contributed by atoms with Gasteiger partial charge in [-0.3, -0.25) is 0 Å². The summed E-state index contributed by atoms with van der Waals surface area (Å²) in [5.41, 5.74) is -0.132. The van der Waals surface area contributed by atoms with E-state index in [0.29, 0.717) is 12.5 Å². The molecular formula is C14H29NO2. The standard InChI is InChI=1S/C14H29NO2/c1-12-6-5-7-14(10-12,11-16)15-8-9-17-13(2,3)4/h12,15-16H,5-11H2,1-4H3. The Balaban J connectivity index is 2.31. The number of hydrogen-bond acceptors (Lipinski definition) is 3. The van der Waals surface area contributed by atoms with Crippen molar-refractivity contribution in [2.75, 3.05) is 19.8 Å². The molecule has 2 N–H and O–H groups in total. The molecule has 0 aromatic carbocycles. The second-order valence-electron chi connectivity index (χ2n) is 6.53. The molecular weight excluding hydrogens is 214 g/mol. The van der Waals surface area contributed by atoms with Crippen molar-refractivity contribution < 1.29 is 9.84 Å². The molecule has 0 amide bonds. The first-order chi connectivity index (χ1) is 7.87. The molecule has 0 heterocycles. The number of ether oxygens (including phenoxy) is 1. The van der Waals surface area contributed by atoms with E-state index in [1.165, 1.54) is 12.8 Å². The second-order valence-corrected chi connectivity index (χ2v) is 6.53. The fourth-order valence-electron chi connectivity index (χ4n) is 2.69. The van der Waals surface area contributed by atoms with Crippen LogP contribution in [0.2, 0.25) is 0 Å². The molecule has 1 rings (SSSR count). The summed E-state index contributed by atoms with van der Waals surface area (Å²) in [5.74, 6) is 0.715. The first kappa shape index (κ1) is 14.9. The highest BCUT2D eigenvalue weighted by molar-refractivity contribution is 4.92. The van der Waals surface area contributed by atoms with Gasteiger partial charge in [-0.25, -0.2) is 0 Å². The van der Waals surface area contributed by atoms with Crippen molar-refractivity contribution in [2.45, 2.75) is 64.5 Å². The zero-order valence-electron chi connectivity index (χ0n) is 11.9. The smallest absolute Gasteiger partial charge is 0.0613 e. The first-order valence-electron chi connectivity index (χ1n) is 6.87. The van der Waals surface area contributed by atoms with Crippen molar-refractivity contribution in [3.63, 3.8) is 0 Å². The molecule has 1 saturated carbocycles. The Hall–Kier alpha value is -0.120. The van der Waals surface area contributed by atoms with Crippen molar-refractivity contribution in [1.29, 1.82) is 0 Å². The Kier molecular flexibility index (Phi) is 5.42. The normalized spacial score (nSPS) is 30.5. The van der Waals surface area contributed by atoms with E-state index < -0.39 is 0 Å². The van der Waals surface area contributed by atoms with Crippen LogP contribution in [0.15, 0.2) is 0 Å². The molecule has 1 aliphatic carbocycles. The maximum atomic E-state index is 9.62. The summed E-state index contributed by atoms with van der Waals surface area (Å²) in [5, 5.41) is 13.1. The molecule has 102 valence electrons. The van der Waals surface area contributed by atoms with E-state index in [1.54, 1.807) is 0 Å². The van der Waals surface area contributed by atoms with E-state index >= 15 is 0 Å². The predicted molar refractivity (Wildman–Crippen MR) is 71.2 cm³/mol. The molecule has 1 aliphatic rings. The fraction of sp³-hybridized carbons (Fsp3) is 1.00. The summed E-state index contributed by atoms with van der Waals surface area (Å²) < 4.78 is 5.69. The Bertz CT molecular complexity index is 225. The lowest BCUT2D eigenvalue weighted by atomic mass is 9.77. The number of hydrogen-bond donors (Lipinski definition) is 2. The molecule has 0 radical (unpaired) electrons. The van der Waals surface area contributed by atoms with Crippen LogP contribution in [0.4, 0.5) is 0 Å². The topological polar surface area (TPSA) is 41.5 Å². The highest BCUT2D eigenvalue weighted by Gasteiger charge is 2.33. The summed E-state index contributed by atoms with van der Waals surface area (Å²) in [7, 11) is 0. The lowest BCUT2D eigenvalue weighted by Crippen LogP contribution is -2.52. The van der Waals surface area contributed by atoms with Crippen LogP contribution in [0.5, 0.6) is 0 Å². The molecule has 1 fully saturated rings. The minimum Gasteiger partial charge on any atom is -0.394 e. The number of aliphatic hydroxyl groups is 1. The van der Waals surface area contributed by atoms with Gasteiger partial charge in [0, 0.05) is 12.1 Å². The van der Waals surface area contributed by atoms with Crippen molar-refractivity contribution in [2.24, 2.45) is 5.92 Å². The largest absolute Gasteiger partial charge is 0.394 e. The molecule has 17 heavy (non-hydrogen) atoms. The Morgan fingerprint density at radius 2 is 2.12 bits per heavy atom. The molecule has 0 saturated heterocycles. The Morgan fingerprint density at radius 3 is 2.65 bits per heavy atom. The van der Waals surface area contributed by atoms with Gasteiger partial charge in [0.1, 0.15) is 0 Å². The summed E-state index contributed by atoms with van der Waals surface area (Å²) in [6, 6.07) is 0. The van der Waals surface area contributed by atoms with Crippen molar-refractivity contribution in [3.05, 3.63) is 0 Å². The Labute approximate surface area is 106 Å². The summed E-state index contributed by atoms with van der Waals surface area (Å²) in [4.78, 5) is 0. The molecule has 0 bridgehead atoms. The number of nitrogens with one attached hydrogen (secondary N) is 1. The molecule has 0 aromatic rings. The third kappa shape index (κ3) is 5.36. The van der Waals surface area contributed by atoms with Gasteiger partial charge in [-0.2, -0.15) is 0 Å².